The molecule has 0 saturated carbocycles. The Kier molecular flexibility index (Phi) is 4.51. The van der Waals surface area contributed by atoms with Gasteiger partial charge in [0.15, 0.2) is 0 Å². The maximum Gasteiger partial charge on any atom is 0.266 e. The molecular weight excluding hydrogens is 456 g/mol. The molecule has 0 aliphatic heterocycles. The summed E-state index contributed by atoms with van der Waals surface area (Å²) in [6.07, 6.45) is 0. The Balaban J connectivity index is 2.14. The molecule has 0 spiro atoms. The molecule has 5 heteroatoms. The fourth-order valence-corrected chi connectivity index (χ4v) is 3.68. The molecule has 0 bridgehead atoms. The summed E-state index contributed by atoms with van der Waals surface area (Å²) >= 11 is 7.08. The van der Waals surface area contributed by atoms with Gasteiger partial charge in [-0.15, -0.1) is 0 Å². The normalized spacial score (nSPS) is 11.0. The van der Waals surface area contributed by atoms with Gasteiger partial charge >= 0.3 is 0 Å². The van der Waals surface area contributed by atoms with E-state index in [9.17, 15) is 4.79 Å². The number of hydrogen-bond donors (Lipinski definition) is 0. The third-order valence-corrected chi connectivity index (χ3v) is 5.40. The number of fused-ring (bicyclic) bond motifs is 1. The average molecular weight is 470 g/mol. The standard InChI is InChI=1S/C21H14Br2N2O/c1-13-6-8-14(9-7-13)20-24-18-5-3-2-4-16(18)21(26)25(20)19-12-15(22)10-11-17(19)23/h2-12H,1H3. The van der Waals surface area contributed by atoms with Crippen LogP contribution >= 0.6 is 31.9 Å². The molecule has 0 aliphatic rings. The Hall–Kier alpha value is -2.24. The molecule has 128 valence electrons. The number of halogens is 2. The van der Waals surface area contributed by atoms with Crippen molar-refractivity contribution in [3.8, 4) is 17.1 Å². The van der Waals surface area contributed by atoms with Gasteiger partial charge in [0.05, 0.1) is 16.6 Å². The molecule has 0 unspecified atom stereocenters. The van der Waals surface area contributed by atoms with Crippen molar-refractivity contribution in [2.24, 2.45) is 0 Å². The van der Waals surface area contributed by atoms with E-state index in [0.717, 1.165) is 25.8 Å². The Morgan fingerprint density at radius 2 is 1.65 bits per heavy atom. The minimum absolute atomic E-state index is 0.0926. The van der Waals surface area contributed by atoms with Crippen molar-refractivity contribution in [1.29, 1.82) is 0 Å². The quantitative estimate of drug-likeness (QED) is 0.367. The van der Waals surface area contributed by atoms with Gasteiger partial charge in [0, 0.05) is 14.5 Å². The van der Waals surface area contributed by atoms with Crippen LogP contribution in [-0.2, 0) is 0 Å². The second-order valence-corrected chi connectivity index (χ2v) is 7.82. The summed E-state index contributed by atoms with van der Waals surface area (Å²) in [4.78, 5) is 18.2. The third-order valence-electron chi connectivity index (χ3n) is 4.23. The van der Waals surface area contributed by atoms with Gasteiger partial charge in [-0.25, -0.2) is 4.98 Å². The van der Waals surface area contributed by atoms with E-state index in [4.69, 9.17) is 4.98 Å². The van der Waals surface area contributed by atoms with Crippen LogP contribution in [0.1, 0.15) is 5.56 Å². The number of nitrogens with zero attached hydrogens (tertiary/aromatic N) is 2. The van der Waals surface area contributed by atoms with Crippen LogP contribution < -0.4 is 5.56 Å². The van der Waals surface area contributed by atoms with Gasteiger partial charge in [0.1, 0.15) is 5.82 Å². The van der Waals surface area contributed by atoms with Crippen LogP contribution in [0.25, 0.3) is 28.0 Å². The molecule has 4 rings (SSSR count). The van der Waals surface area contributed by atoms with Crippen molar-refractivity contribution >= 4 is 42.8 Å². The Morgan fingerprint density at radius 3 is 2.42 bits per heavy atom. The van der Waals surface area contributed by atoms with Crippen molar-refractivity contribution < 1.29 is 0 Å². The third kappa shape index (κ3) is 3.02. The second kappa shape index (κ2) is 6.82. The molecule has 0 amide bonds. The highest BCUT2D eigenvalue weighted by atomic mass is 79.9. The SMILES string of the molecule is Cc1ccc(-c2nc3ccccc3c(=O)n2-c2cc(Br)ccc2Br)cc1. The van der Waals surface area contributed by atoms with Gasteiger partial charge in [-0.3, -0.25) is 9.36 Å². The predicted molar refractivity (Wildman–Crippen MR) is 113 cm³/mol. The average Bonchev–Trinajstić information content (AvgIpc) is 2.65. The summed E-state index contributed by atoms with van der Waals surface area (Å²) in [5.41, 5.74) is 3.40. The highest BCUT2D eigenvalue weighted by molar-refractivity contribution is 9.11. The van der Waals surface area contributed by atoms with Gasteiger partial charge in [-0.1, -0.05) is 57.9 Å². The van der Waals surface area contributed by atoms with Crippen molar-refractivity contribution in [3.05, 3.63) is 91.6 Å². The van der Waals surface area contributed by atoms with Crippen LogP contribution in [0.15, 0.2) is 80.5 Å². The lowest BCUT2D eigenvalue weighted by atomic mass is 10.1. The van der Waals surface area contributed by atoms with Gasteiger partial charge in [0.2, 0.25) is 0 Å². The topological polar surface area (TPSA) is 34.9 Å². The lowest BCUT2D eigenvalue weighted by Gasteiger charge is -2.15. The molecule has 26 heavy (non-hydrogen) atoms. The molecule has 0 aliphatic carbocycles. The first-order chi connectivity index (χ1) is 12.5. The molecule has 3 aromatic carbocycles. The van der Waals surface area contributed by atoms with E-state index in [-0.39, 0.29) is 5.56 Å². The van der Waals surface area contributed by atoms with E-state index in [0.29, 0.717) is 16.7 Å². The van der Waals surface area contributed by atoms with E-state index in [1.54, 1.807) is 4.57 Å². The smallest absolute Gasteiger partial charge is 0.266 e. The maximum absolute atomic E-state index is 13.3. The molecule has 0 N–H and O–H groups in total. The maximum atomic E-state index is 13.3. The Labute approximate surface area is 167 Å². The summed E-state index contributed by atoms with van der Waals surface area (Å²) in [7, 11) is 0. The summed E-state index contributed by atoms with van der Waals surface area (Å²) < 4.78 is 3.39. The van der Waals surface area contributed by atoms with Gasteiger partial charge in [-0.05, 0) is 53.2 Å². The first-order valence-electron chi connectivity index (χ1n) is 8.09. The number of aromatic nitrogens is 2. The summed E-state index contributed by atoms with van der Waals surface area (Å²) in [5.74, 6) is 0.618. The van der Waals surface area contributed by atoms with E-state index in [1.165, 1.54) is 0 Å². The van der Waals surface area contributed by atoms with E-state index < -0.39 is 0 Å². The molecule has 0 fully saturated rings. The molecule has 0 atom stereocenters. The van der Waals surface area contributed by atoms with E-state index in [1.807, 2.05) is 73.7 Å². The van der Waals surface area contributed by atoms with Gasteiger partial charge < -0.3 is 0 Å². The van der Waals surface area contributed by atoms with Crippen LogP contribution in [-0.4, -0.2) is 9.55 Å². The number of aryl methyl sites for hydroxylation is 1. The van der Waals surface area contributed by atoms with Crippen LogP contribution in [0.5, 0.6) is 0 Å². The number of para-hydroxylation sites is 1. The fourth-order valence-electron chi connectivity index (χ4n) is 2.91. The molecular formula is C21H14Br2N2O. The first kappa shape index (κ1) is 17.2. The van der Waals surface area contributed by atoms with E-state index in [2.05, 4.69) is 31.9 Å². The zero-order valence-corrected chi connectivity index (χ0v) is 17.1. The highest BCUT2D eigenvalue weighted by Crippen LogP contribution is 2.29. The summed E-state index contributed by atoms with van der Waals surface area (Å²) in [6.45, 7) is 2.04. The lowest BCUT2D eigenvalue weighted by Crippen LogP contribution is -2.22. The van der Waals surface area contributed by atoms with Crippen LogP contribution in [0.4, 0.5) is 0 Å². The van der Waals surface area contributed by atoms with Crippen molar-refractivity contribution in [3.63, 3.8) is 0 Å². The van der Waals surface area contributed by atoms with Crippen LogP contribution in [0.2, 0.25) is 0 Å². The van der Waals surface area contributed by atoms with Crippen molar-refractivity contribution in [2.75, 3.05) is 0 Å². The van der Waals surface area contributed by atoms with Crippen LogP contribution in [0.3, 0.4) is 0 Å². The van der Waals surface area contributed by atoms with Gasteiger partial charge in [-0.2, -0.15) is 0 Å². The number of rotatable bonds is 2. The first-order valence-corrected chi connectivity index (χ1v) is 9.67. The Morgan fingerprint density at radius 1 is 0.923 bits per heavy atom. The minimum Gasteiger partial charge on any atom is -0.268 e. The summed E-state index contributed by atoms with van der Waals surface area (Å²) in [5, 5.41) is 0.593. The highest BCUT2D eigenvalue weighted by Gasteiger charge is 2.16. The molecule has 3 nitrogen and oxygen atoms in total. The molecule has 1 heterocycles. The number of hydrogen-bond acceptors (Lipinski definition) is 2. The van der Waals surface area contributed by atoms with Gasteiger partial charge in [0.25, 0.3) is 5.56 Å². The largest absolute Gasteiger partial charge is 0.268 e. The molecule has 1 aromatic heterocycles. The second-order valence-electron chi connectivity index (χ2n) is 6.05. The molecule has 0 radical (unpaired) electrons. The van der Waals surface area contributed by atoms with Crippen molar-refractivity contribution in [1.82, 2.24) is 9.55 Å². The van der Waals surface area contributed by atoms with Crippen molar-refractivity contribution in [2.45, 2.75) is 6.92 Å². The van der Waals surface area contributed by atoms with Crippen LogP contribution in [0, 0.1) is 6.92 Å². The Bertz CT molecular complexity index is 1180. The molecule has 0 saturated heterocycles. The zero-order chi connectivity index (χ0) is 18.3. The lowest BCUT2D eigenvalue weighted by molar-refractivity contribution is 0.969. The molecule has 4 aromatic rings. The fraction of sp³-hybridized carbons (Fsp3) is 0.0476. The summed E-state index contributed by atoms with van der Waals surface area (Å²) in [6, 6.07) is 21.2. The minimum atomic E-state index is -0.0926. The number of benzene rings is 3. The predicted octanol–water partition coefficient (Wildman–Crippen LogP) is 5.89. The monoisotopic (exact) mass is 468 g/mol. The van der Waals surface area contributed by atoms with E-state index >= 15 is 0 Å². The zero-order valence-electron chi connectivity index (χ0n) is 13.9.